The normalized spacial score (nSPS) is 21.2. The van der Waals surface area contributed by atoms with Gasteiger partial charge in [0.25, 0.3) is 0 Å². The molecule has 2 heterocycles. The van der Waals surface area contributed by atoms with E-state index in [1.54, 1.807) is 33.2 Å². The summed E-state index contributed by atoms with van der Waals surface area (Å²) in [6.45, 7) is 12.0. The number of hydrogen-bond donors (Lipinski definition) is 2. The molecule has 4 amide bonds. The van der Waals surface area contributed by atoms with Crippen LogP contribution in [0, 0.1) is 0 Å². The number of carbonyl (C=O) groups excluding carboxylic acids is 3. The number of benzene rings is 1. The molecule has 1 aromatic carbocycles. The molecule has 198 valence electrons. The minimum atomic E-state index is -0.648. The Kier molecular flexibility index (Phi) is 8.50. The van der Waals surface area contributed by atoms with Crippen LogP contribution in [0.4, 0.5) is 9.59 Å². The molecule has 1 saturated heterocycles. The molecule has 2 N–H and O–H groups in total. The average Bonchev–Trinajstić information content (AvgIpc) is 2.81. The number of likely N-dealkylation sites (N-methyl/N-ethyl adjacent to an activating group) is 1. The second-order valence-electron chi connectivity index (χ2n) is 10.3. The maximum atomic E-state index is 13.2. The van der Waals surface area contributed by atoms with Gasteiger partial charge in [0.2, 0.25) is 0 Å². The number of nitrogens with one attached hydrogen (secondary N) is 2. The SMILES string of the molecule is CCOC(=O)C1=C(CN2CCN(C(=O)NC(C)(C)C)C(C)C2)N(C)C(=O)NC1c1ccc(OC)cc1. The lowest BCUT2D eigenvalue weighted by molar-refractivity contribution is -0.139. The number of nitrogens with zero attached hydrogens (tertiary/aromatic N) is 3. The van der Waals surface area contributed by atoms with Crippen LogP contribution in [0.25, 0.3) is 0 Å². The molecule has 0 spiro atoms. The van der Waals surface area contributed by atoms with Gasteiger partial charge < -0.3 is 25.0 Å². The fourth-order valence-corrected chi connectivity index (χ4v) is 4.53. The van der Waals surface area contributed by atoms with Gasteiger partial charge in [-0.2, -0.15) is 0 Å². The van der Waals surface area contributed by atoms with E-state index in [-0.39, 0.29) is 30.2 Å². The fraction of sp³-hybridized carbons (Fsp3) is 0.577. The third-order valence-electron chi connectivity index (χ3n) is 6.35. The lowest BCUT2D eigenvalue weighted by atomic mass is 9.94. The van der Waals surface area contributed by atoms with E-state index in [1.165, 1.54) is 4.90 Å². The van der Waals surface area contributed by atoms with E-state index >= 15 is 0 Å². The second-order valence-corrected chi connectivity index (χ2v) is 10.3. The van der Waals surface area contributed by atoms with E-state index in [4.69, 9.17) is 9.47 Å². The fourth-order valence-electron chi connectivity index (χ4n) is 4.53. The van der Waals surface area contributed by atoms with Crippen molar-refractivity contribution in [3.8, 4) is 5.75 Å². The summed E-state index contributed by atoms with van der Waals surface area (Å²) in [5.41, 5.74) is 1.44. The van der Waals surface area contributed by atoms with Crippen molar-refractivity contribution >= 4 is 18.0 Å². The lowest BCUT2D eigenvalue weighted by Crippen LogP contribution is -2.59. The van der Waals surface area contributed by atoms with Gasteiger partial charge in [0.05, 0.1) is 25.3 Å². The minimum Gasteiger partial charge on any atom is -0.497 e. The predicted molar refractivity (Wildman–Crippen MR) is 137 cm³/mol. The van der Waals surface area contributed by atoms with E-state index in [1.807, 2.05) is 44.7 Å². The van der Waals surface area contributed by atoms with E-state index in [9.17, 15) is 14.4 Å². The van der Waals surface area contributed by atoms with Gasteiger partial charge in [-0.05, 0) is 52.3 Å². The first-order chi connectivity index (χ1) is 16.9. The maximum Gasteiger partial charge on any atom is 0.338 e. The standard InChI is InChI=1S/C26H39N5O5/c1-8-36-23(32)21-20(16-30-13-14-31(17(2)15-30)25(34)28-26(3,4)5)29(6)24(33)27-22(21)18-9-11-19(35-7)12-10-18/h9-12,17,22H,8,13-16H2,1-7H3,(H,27,33)(H,28,34). The van der Waals surface area contributed by atoms with Gasteiger partial charge in [-0.1, -0.05) is 12.1 Å². The van der Waals surface area contributed by atoms with Crippen molar-refractivity contribution in [3.63, 3.8) is 0 Å². The Morgan fingerprint density at radius 1 is 1.17 bits per heavy atom. The van der Waals surface area contributed by atoms with Crippen LogP contribution >= 0.6 is 0 Å². The Balaban J connectivity index is 1.89. The molecular formula is C26H39N5O5. The molecule has 2 aliphatic heterocycles. The highest BCUT2D eigenvalue weighted by molar-refractivity contribution is 5.95. The highest BCUT2D eigenvalue weighted by atomic mass is 16.5. The van der Waals surface area contributed by atoms with Crippen LogP contribution in [-0.2, 0) is 9.53 Å². The van der Waals surface area contributed by atoms with Gasteiger partial charge >= 0.3 is 18.0 Å². The van der Waals surface area contributed by atoms with Crippen LogP contribution in [0.15, 0.2) is 35.5 Å². The van der Waals surface area contributed by atoms with Crippen LogP contribution < -0.4 is 15.4 Å². The summed E-state index contributed by atoms with van der Waals surface area (Å²) in [7, 11) is 3.24. The molecule has 10 heteroatoms. The molecule has 0 radical (unpaired) electrons. The summed E-state index contributed by atoms with van der Waals surface area (Å²) in [6, 6.07) is 6.20. The molecule has 1 fully saturated rings. The first-order valence-electron chi connectivity index (χ1n) is 12.3. The lowest BCUT2D eigenvalue weighted by Gasteiger charge is -2.43. The van der Waals surface area contributed by atoms with Gasteiger partial charge in [-0.25, -0.2) is 14.4 Å². The monoisotopic (exact) mass is 501 g/mol. The van der Waals surface area contributed by atoms with Crippen LogP contribution in [0.2, 0.25) is 0 Å². The summed E-state index contributed by atoms with van der Waals surface area (Å²) in [6.07, 6.45) is 0. The van der Waals surface area contributed by atoms with Gasteiger partial charge in [0.15, 0.2) is 0 Å². The summed E-state index contributed by atoms with van der Waals surface area (Å²) in [5.74, 6) is 0.221. The molecule has 36 heavy (non-hydrogen) atoms. The Hall–Kier alpha value is -3.27. The molecule has 2 aliphatic rings. The van der Waals surface area contributed by atoms with Crippen LogP contribution in [0.1, 0.15) is 46.2 Å². The molecule has 2 atom stereocenters. The summed E-state index contributed by atoms with van der Waals surface area (Å²) in [4.78, 5) is 44.3. The van der Waals surface area contributed by atoms with E-state index < -0.39 is 12.0 Å². The van der Waals surface area contributed by atoms with Crippen molar-refractivity contribution in [1.82, 2.24) is 25.3 Å². The second kappa shape index (κ2) is 11.2. The van der Waals surface area contributed by atoms with Gasteiger partial charge in [-0.15, -0.1) is 0 Å². The number of piperazine rings is 1. The highest BCUT2D eigenvalue weighted by Gasteiger charge is 2.38. The number of carbonyl (C=O) groups is 3. The maximum absolute atomic E-state index is 13.2. The molecular weight excluding hydrogens is 462 g/mol. The van der Waals surface area contributed by atoms with Gasteiger partial charge in [0.1, 0.15) is 5.75 Å². The topological polar surface area (TPSA) is 103 Å². The number of rotatable bonds is 6. The van der Waals surface area contributed by atoms with Crippen LogP contribution in [-0.4, -0.2) is 91.3 Å². The molecule has 0 bridgehead atoms. The zero-order chi connectivity index (χ0) is 26.6. The summed E-state index contributed by atoms with van der Waals surface area (Å²) >= 11 is 0. The van der Waals surface area contributed by atoms with Crippen molar-refractivity contribution in [3.05, 3.63) is 41.1 Å². The van der Waals surface area contributed by atoms with Gasteiger partial charge in [0, 0.05) is 50.5 Å². The Morgan fingerprint density at radius 3 is 2.39 bits per heavy atom. The van der Waals surface area contributed by atoms with Crippen LogP contribution in [0.3, 0.4) is 0 Å². The van der Waals surface area contributed by atoms with Crippen molar-refractivity contribution in [2.24, 2.45) is 0 Å². The van der Waals surface area contributed by atoms with Gasteiger partial charge in [-0.3, -0.25) is 9.80 Å². The largest absolute Gasteiger partial charge is 0.497 e. The number of ether oxygens (including phenoxy) is 2. The molecule has 0 aliphatic carbocycles. The molecule has 0 aromatic heterocycles. The van der Waals surface area contributed by atoms with Crippen molar-refractivity contribution in [2.75, 3.05) is 46.9 Å². The molecule has 3 rings (SSSR count). The van der Waals surface area contributed by atoms with E-state index in [0.29, 0.717) is 43.2 Å². The summed E-state index contributed by atoms with van der Waals surface area (Å²) < 4.78 is 10.7. The Labute approximate surface area is 213 Å². The number of urea groups is 2. The average molecular weight is 502 g/mol. The third kappa shape index (κ3) is 6.29. The third-order valence-corrected chi connectivity index (χ3v) is 6.35. The minimum absolute atomic E-state index is 0.0344. The Morgan fingerprint density at radius 2 is 1.83 bits per heavy atom. The van der Waals surface area contributed by atoms with Crippen molar-refractivity contribution in [1.29, 1.82) is 0 Å². The van der Waals surface area contributed by atoms with Crippen LogP contribution in [0.5, 0.6) is 5.75 Å². The summed E-state index contributed by atoms with van der Waals surface area (Å²) in [5, 5.41) is 5.96. The number of amides is 4. The van der Waals surface area contributed by atoms with Crippen molar-refractivity contribution < 1.29 is 23.9 Å². The quantitative estimate of drug-likeness (QED) is 0.581. The molecule has 10 nitrogen and oxygen atoms in total. The predicted octanol–water partition coefficient (Wildman–Crippen LogP) is 2.72. The molecule has 0 saturated carbocycles. The van der Waals surface area contributed by atoms with E-state index in [2.05, 4.69) is 15.5 Å². The van der Waals surface area contributed by atoms with Crippen molar-refractivity contribution in [2.45, 2.75) is 52.2 Å². The first kappa shape index (κ1) is 27.3. The van der Waals surface area contributed by atoms with E-state index in [0.717, 1.165) is 5.56 Å². The smallest absolute Gasteiger partial charge is 0.338 e. The number of esters is 1. The molecule has 1 aromatic rings. The zero-order valence-corrected chi connectivity index (χ0v) is 22.4. The zero-order valence-electron chi connectivity index (χ0n) is 22.4. The number of hydrogen-bond acceptors (Lipinski definition) is 6. The highest BCUT2D eigenvalue weighted by Crippen LogP contribution is 2.32. The number of methoxy groups -OCH3 is 1. The Bertz CT molecular complexity index is 1000. The first-order valence-corrected chi connectivity index (χ1v) is 12.3. The molecule has 2 unspecified atom stereocenters.